The van der Waals surface area contributed by atoms with Crippen molar-refractivity contribution < 1.29 is 13.9 Å². The molecule has 0 spiro atoms. The molecule has 0 aliphatic heterocycles. The molecule has 1 N–H and O–H groups in total. The molecule has 0 saturated carbocycles. The van der Waals surface area contributed by atoms with Crippen LogP contribution in [0.1, 0.15) is 35.8 Å². The molecule has 0 unspecified atom stereocenters. The van der Waals surface area contributed by atoms with Gasteiger partial charge in [0.25, 0.3) is 5.91 Å². The van der Waals surface area contributed by atoms with Crippen molar-refractivity contribution in [1.29, 1.82) is 0 Å². The maximum Gasteiger partial charge on any atom is 0.262 e. The third-order valence-corrected chi connectivity index (χ3v) is 5.29. The monoisotopic (exact) mass is 382 g/mol. The van der Waals surface area contributed by atoms with E-state index in [4.69, 9.17) is 27.9 Å². The number of carbonyl (C=O) groups excluding carboxylic acids is 1. The number of nitrogens with zero attached hydrogens (tertiary/aromatic N) is 1. The van der Waals surface area contributed by atoms with Crippen molar-refractivity contribution in [3.8, 4) is 0 Å². The summed E-state index contributed by atoms with van der Waals surface area (Å²) in [6, 6.07) is 8.31. The van der Waals surface area contributed by atoms with Gasteiger partial charge in [-0.2, -0.15) is 0 Å². The number of aromatic nitrogens is 1. The SMILES string of the molecule is CO[C@H]1CC[C@@](F)(C(=O)NCc2cccc(Cl)c2Cl)c2cccnc21. The van der Waals surface area contributed by atoms with Gasteiger partial charge < -0.3 is 10.1 Å². The van der Waals surface area contributed by atoms with Crippen LogP contribution in [0.3, 0.4) is 0 Å². The zero-order valence-corrected chi connectivity index (χ0v) is 15.1. The summed E-state index contributed by atoms with van der Waals surface area (Å²) >= 11 is 12.1. The summed E-state index contributed by atoms with van der Waals surface area (Å²) < 4.78 is 20.9. The Kier molecular flexibility index (Phi) is 5.27. The third kappa shape index (κ3) is 3.36. The van der Waals surface area contributed by atoms with E-state index in [-0.39, 0.29) is 24.6 Å². The minimum atomic E-state index is -2.15. The van der Waals surface area contributed by atoms with Crippen LogP contribution < -0.4 is 5.32 Å². The normalized spacial score (nSPS) is 22.3. The third-order valence-electron chi connectivity index (χ3n) is 4.44. The molecule has 0 bridgehead atoms. The molecule has 25 heavy (non-hydrogen) atoms. The van der Waals surface area contributed by atoms with E-state index >= 15 is 4.39 Å². The van der Waals surface area contributed by atoms with Crippen molar-refractivity contribution in [3.05, 3.63) is 63.4 Å². The van der Waals surface area contributed by atoms with E-state index in [1.165, 1.54) is 0 Å². The quantitative estimate of drug-likeness (QED) is 0.854. The van der Waals surface area contributed by atoms with Crippen molar-refractivity contribution >= 4 is 29.1 Å². The van der Waals surface area contributed by atoms with E-state index in [1.54, 1.807) is 43.6 Å². The molecule has 0 saturated heterocycles. The second kappa shape index (κ2) is 7.28. The molecular weight excluding hydrogens is 366 g/mol. The molecule has 4 nitrogen and oxygen atoms in total. The maximum absolute atomic E-state index is 15.6. The highest BCUT2D eigenvalue weighted by molar-refractivity contribution is 6.42. The lowest BCUT2D eigenvalue weighted by atomic mass is 9.81. The first-order valence-electron chi connectivity index (χ1n) is 7.85. The molecular formula is C18H17Cl2FN2O2. The molecule has 0 fully saturated rings. The first-order valence-corrected chi connectivity index (χ1v) is 8.61. The van der Waals surface area contributed by atoms with Gasteiger partial charge in [-0.05, 0) is 30.5 Å². The highest BCUT2D eigenvalue weighted by atomic mass is 35.5. The van der Waals surface area contributed by atoms with Crippen LogP contribution in [0.2, 0.25) is 10.0 Å². The molecule has 1 aromatic carbocycles. The predicted molar refractivity (Wildman–Crippen MR) is 94.3 cm³/mol. The summed E-state index contributed by atoms with van der Waals surface area (Å²) in [6.45, 7) is 0.0905. The number of hydrogen-bond donors (Lipinski definition) is 1. The minimum Gasteiger partial charge on any atom is -0.375 e. The molecule has 1 aliphatic carbocycles. The number of amides is 1. The molecule has 2 atom stereocenters. The Morgan fingerprint density at radius 3 is 2.96 bits per heavy atom. The van der Waals surface area contributed by atoms with Gasteiger partial charge in [0.15, 0.2) is 0 Å². The Morgan fingerprint density at radius 1 is 1.40 bits per heavy atom. The Hall–Kier alpha value is -1.69. The summed E-state index contributed by atoms with van der Waals surface area (Å²) in [5, 5.41) is 3.36. The smallest absolute Gasteiger partial charge is 0.262 e. The van der Waals surface area contributed by atoms with Gasteiger partial charge in [-0.15, -0.1) is 0 Å². The number of nitrogens with one attached hydrogen (secondary N) is 1. The van der Waals surface area contributed by atoms with E-state index < -0.39 is 11.6 Å². The fourth-order valence-corrected chi connectivity index (χ4v) is 3.46. The summed E-state index contributed by atoms with van der Waals surface area (Å²) in [6.07, 6.45) is 1.66. The molecule has 7 heteroatoms. The highest BCUT2D eigenvalue weighted by Crippen LogP contribution is 2.43. The lowest BCUT2D eigenvalue weighted by molar-refractivity contribution is -0.135. The summed E-state index contributed by atoms with van der Waals surface area (Å²) in [4.78, 5) is 16.8. The number of rotatable bonds is 4. The van der Waals surface area contributed by atoms with Crippen LogP contribution in [-0.4, -0.2) is 18.0 Å². The van der Waals surface area contributed by atoms with E-state index in [1.807, 2.05) is 0 Å². The van der Waals surface area contributed by atoms with Crippen molar-refractivity contribution in [2.75, 3.05) is 7.11 Å². The number of halogens is 3. The largest absolute Gasteiger partial charge is 0.375 e. The number of carbonyl (C=O) groups is 1. The number of pyridine rings is 1. The van der Waals surface area contributed by atoms with E-state index in [2.05, 4.69) is 10.3 Å². The maximum atomic E-state index is 15.6. The van der Waals surface area contributed by atoms with Crippen LogP contribution in [0.4, 0.5) is 4.39 Å². The average Bonchev–Trinajstić information content (AvgIpc) is 2.63. The first kappa shape index (κ1) is 18.1. The van der Waals surface area contributed by atoms with E-state index in [9.17, 15) is 4.79 Å². The fourth-order valence-electron chi connectivity index (χ4n) is 3.08. The van der Waals surface area contributed by atoms with Crippen molar-refractivity contribution in [3.63, 3.8) is 0 Å². The van der Waals surface area contributed by atoms with Crippen LogP contribution in [0.15, 0.2) is 36.5 Å². The fraction of sp³-hybridized carbons (Fsp3) is 0.333. The van der Waals surface area contributed by atoms with E-state index in [0.717, 1.165) is 0 Å². The molecule has 1 amide bonds. The Bertz CT molecular complexity index is 802. The number of fused-ring (bicyclic) bond motifs is 1. The zero-order valence-electron chi connectivity index (χ0n) is 13.6. The molecule has 1 aliphatic rings. The first-order chi connectivity index (χ1) is 12.0. The molecule has 3 rings (SSSR count). The van der Waals surface area contributed by atoms with Gasteiger partial charge in [0.05, 0.1) is 21.8 Å². The summed E-state index contributed by atoms with van der Waals surface area (Å²) in [7, 11) is 1.55. The van der Waals surface area contributed by atoms with Gasteiger partial charge in [0.1, 0.15) is 0 Å². The average molecular weight is 383 g/mol. The lowest BCUT2D eigenvalue weighted by Gasteiger charge is -2.33. The minimum absolute atomic E-state index is 0.0271. The standard InChI is InChI=1S/C18H17Cl2FN2O2/c1-25-14-7-8-18(21,12-5-3-9-22-16(12)14)17(24)23-10-11-4-2-6-13(19)15(11)20/h2-6,9,14H,7-8,10H2,1H3,(H,23,24)/t14-,18-/m0/s1. The topological polar surface area (TPSA) is 51.2 Å². The van der Waals surface area contributed by atoms with Crippen LogP contribution in [0.25, 0.3) is 0 Å². The van der Waals surface area contributed by atoms with Crippen molar-refractivity contribution in [2.24, 2.45) is 0 Å². The number of benzene rings is 1. The number of hydrogen-bond acceptors (Lipinski definition) is 3. The van der Waals surface area contributed by atoms with Crippen LogP contribution in [-0.2, 0) is 21.7 Å². The summed E-state index contributed by atoms with van der Waals surface area (Å²) in [5.41, 5.74) is -0.801. The van der Waals surface area contributed by atoms with Gasteiger partial charge in [-0.3, -0.25) is 9.78 Å². The predicted octanol–water partition coefficient (Wildman–Crippen LogP) is 4.35. The lowest BCUT2D eigenvalue weighted by Crippen LogP contribution is -2.44. The molecule has 2 aromatic rings. The van der Waals surface area contributed by atoms with Gasteiger partial charge in [-0.25, -0.2) is 4.39 Å². The van der Waals surface area contributed by atoms with Gasteiger partial charge in [-0.1, -0.05) is 41.4 Å². The van der Waals surface area contributed by atoms with Gasteiger partial charge in [0.2, 0.25) is 5.67 Å². The van der Waals surface area contributed by atoms with Crippen LogP contribution >= 0.6 is 23.2 Å². The summed E-state index contributed by atoms with van der Waals surface area (Å²) in [5.74, 6) is -0.715. The molecule has 1 heterocycles. The zero-order chi connectivity index (χ0) is 18.0. The number of methoxy groups -OCH3 is 1. The second-order valence-corrected chi connectivity index (χ2v) is 6.68. The number of ether oxygens (including phenoxy) is 1. The highest BCUT2D eigenvalue weighted by Gasteiger charge is 2.47. The van der Waals surface area contributed by atoms with Crippen molar-refractivity contribution in [1.82, 2.24) is 10.3 Å². The van der Waals surface area contributed by atoms with E-state index in [0.29, 0.717) is 27.7 Å². The van der Waals surface area contributed by atoms with Crippen LogP contribution in [0, 0.1) is 0 Å². The molecule has 1 aromatic heterocycles. The number of alkyl halides is 1. The Balaban J connectivity index is 1.83. The Labute approximate surface area is 155 Å². The molecule has 132 valence electrons. The van der Waals surface area contributed by atoms with Gasteiger partial charge in [0, 0.05) is 25.4 Å². The van der Waals surface area contributed by atoms with Gasteiger partial charge >= 0.3 is 0 Å². The molecule has 0 radical (unpaired) electrons. The Morgan fingerprint density at radius 2 is 2.20 bits per heavy atom. The van der Waals surface area contributed by atoms with Crippen LogP contribution in [0.5, 0.6) is 0 Å². The van der Waals surface area contributed by atoms with Crippen molar-refractivity contribution in [2.45, 2.75) is 31.2 Å². The second-order valence-electron chi connectivity index (χ2n) is 5.90.